The van der Waals surface area contributed by atoms with E-state index in [-0.39, 0.29) is 35.2 Å². The summed E-state index contributed by atoms with van der Waals surface area (Å²) in [6, 6.07) is 8.09. The van der Waals surface area contributed by atoms with Crippen LogP contribution >= 0.6 is 11.3 Å². The number of aromatic nitrogens is 3. The van der Waals surface area contributed by atoms with Crippen molar-refractivity contribution in [1.29, 1.82) is 0 Å². The van der Waals surface area contributed by atoms with Crippen LogP contribution in [0.1, 0.15) is 16.7 Å². The fourth-order valence-electron chi connectivity index (χ4n) is 4.00. The van der Waals surface area contributed by atoms with E-state index in [4.69, 9.17) is 0 Å². The van der Waals surface area contributed by atoms with Gasteiger partial charge in [0.1, 0.15) is 11.3 Å². The second-order valence-electron chi connectivity index (χ2n) is 7.78. The van der Waals surface area contributed by atoms with E-state index in [1.54, 1.807) is 43.2 Å². The quantitative estimate of drug-likeness (QED) is 0.357. The first-order valence-corrected chi connectivity index (χ1v) is 11.0. The Morgan fingerprint density at radius 2 is 1.94 bits per heavy atom. The zero-order chi connectivity index (χ0) is 23.1. The minimum absolute atomic E-state index is 0.00199. The molecule has 0 aliphatic rings. The van der Waals surface area contributed by atoms with E-state index < -0.39 is 0 Å². The number of rotatable bonds is 5. The van der Waals surface area contributed by atoms with E-state index in [0.29, 0.717) is 33.4 Å². The molecule has 166 valence electrons. The smallest absolute Gasteiger partial charge is 0.230 e. The fourth-order valence-corrected chi connectivity index (χ4v) is 4.55. The third kappa shape index (κ3) is 3.87. The highest BCUT2D eigenvalue weighted by Gasteiger charge is 2.22. The maximum absolute atomic E-state index is 13.3. The largest absolute Gasteiger partial charge is 0.505 e. The topological polar surface area (TPSA) is 100 Å². The molecule has 5 rings (SSSR count). The van der Waals surface area contributed by atoms with Gasteiger partial charge >= 0.3 is 0 Å². The number of phenolic OH excluding ortho intramolecular Hbond substituents is 1. The molecule has 9 heteroatoms. The van der Waals surface area contributed by atoms with Crippen molar-refractivity contribution in [3.05, 3.63) is 76.8 Å². The fraction of sp³-hybridized carbons (Fsp3) is 0.125. The monoisotopic (exact) mass is 462 g/mol. The molecule has 0 spiro atoms. The summed E-state index contributed by atoms with van der Waals surface area (Å²) in [4.78, 5) is 21.4. The lowest BCUT2D eigenvalue weighted by molar-refractivity contribution is -0.115. The SMILES string of the molecule is Cn1cc2c(CC(=O)Nc3nccs3)c3cc(Cc4ccc(F)cc4)cnc3c(O)c2c1O. The molecule has 0 radical (unpaired) electrons. The van der Waals surface area contributed by atoms with E-state index in [0.717, 1.165) is 11.1 Å². The van der Waals surface area contributed by atoms with Gasteiger partial charge in [0.2, 0.25) is 11.8 Å². The molecule has 5 aromatic rings. The number of hydrogen-bond donors (Lipinski definition) is 3. The first kappa shape index (κ1) is 20.9. The minimum Gasteiger partial charge on any atom is -0.505 e. The van der Waals surface area contributed by atoms with Gasteiger partial charge in [0, 0.05) is 41.8 Å². The molecule has 0 bridgehead atoms. The predicted octanol–water partition coefficient (Wildman–Crippen LogP) is 4.51. The Kier molecular flexibility index (Phi) is 5.18. The summed E-state index contributed by atoms with van der Waals surface area (Å²) in [6.07, 6.45) is 5.43. The summed E-state index contributed by atoms with van der Waals surface area (Å²) in [6.45, 7) is 0. The molecule has 0 atom stereocenters. The van der Waals surface area contributed by atoms with Crippen LogP contribution < -0.4 is 5.32 Å². The summed E-state index contributed by atoms with van der Waals surface area (Å²) in [5, 5.41) is 27.9. The van der Waals surface area contributed by atoms with Crippen LogP contribution in [0.15, 0.2) is 54.3 Å². The van der Waals surface area contributed by atoms with Gasteiger partial charge < -0.3 is 20.1 Å². The summed E-state index contributed by atoms with van der Waals surface area (Å²) in [7, 11) is 1.66. The maximum Gasteiger partial charge on any atom is 0.230 e. The third-order valence-electron chi connectivity index (χ3n) is 5.54. The number of carbonyl (C=O) groups is 1. The molecular weight excluding hydrogens is 443 g/mol. The van der Waals surface area contributed by atoms with Crippen molar-refractivity contribution in [2.75, 3.05) is 5.32 Å². The van der Waals surface area contributed by atoms with E-state index >= 15 is 0 Å². The highest BCUT2D eigenvalue weighted by Crippen LogP contribution is 2.42. The van der Waals surface area contributed by atoms with Crippen LogP contribution in [-0.2, 0) is 24.7 Å². The number of benzene rings is 2. The highest BCUT2D eigenvalue weighted by molar-refractivity contribution is 7.13. The molecule has 0 aliphatic carbocycles. The van der Waals surface area contributed by atoms with E-state index in [1.165, 1.54) is 28.0 Å². The summed E-state index contributed by atoms with van der Waals surface area (Å²) in [5.41, 5.74) is 2.68. The first-order valence-electron chi connectivity index (χ1n) is 10.1. The van der Waals surface area contributed by atoms with Crippen LogP contribution in [0, 0.1) is 5.82 Å². The predicted molar refractivity (Wildman–Crippen MR) is 125 cm³/mol. The number of halogens is 1. The van der Waals surface area contributed by atoms with Gasteiger partial charge in [0.05, 0.1) is 11.8 Å². The molecule has 0 saturated heterocycles. The molecule has 1 amide bonds. The number of nitrogens with one attached hydrogen (secondary N) is 1. The molecular formula is C24H19FN4O3S. The van der Waals surface area contributed by atoms with Crippen LogP contribution in [0.5, 0.6) is 11.6 Å². The maximum atomic E-state index is 13.3. The Bertz CT molecular complexity index is 1490. The lowest BCUT2D eigenvalue weighted by Gasteiger charge is -2.12. The second-order valence-corrected chi connectivity index (χ2v) is 8.68. The zero-order valence-electron chi connectivity index (χ0n) is 17.5. The van der Waals surface area contributed by atoms with E-state index in [1.807, 2.05) is 6.07 Å². The van der Waals surface area contributed by atoms with Gasteiger partial charge in [-0.15, -0.1) is 11.3 Å². The van der Waals surface area contributed by atoms with Gasteiger partial charge in [-0.05, 0) is 41.3 Å². The van der Waals surface area contributed by atoms with Crippen molar-refractivity contribution in [3.63, 3.8) is 0 Å². The minimum atomic E-state index is -0.305. The normalized spacial score (nSPS) is 11.3. The number of thiazole rings is 1. The average Bonchev–Trinajstić information content (AvgIpc) is 3.40. The number of anilines is 1. The second kappa shape index (κ2) is 8.18. The first-order chi connectivity index (χ1) is 15.9. The van der Waals surface area contributed by atoms with Crippen LogP contribution in [0.3, 0.4) is 0 Å². The molecule has 3 heterocycles. The van der Waals surface area contributed by atoms with Crippen LogP contribution in [0.4, 0.5) is 9.52 Å². The van der Waals surface area contributed by atoms with Crippen molar-refractivity contribution in [2.24, 2.45) is 7.05 Å². The van der Waals surface area contributed by atoms with Gasteiger partial charge in [-0.25, -0.2) is 9.37 Å². The van der Waals surface area contributed by atoms with Gasteiger partial charge in [-0.1, -0.05) is 12.1 Å². The standard InChI is InChI=1S/C24H19FN4O3S/c1-29-12-18-16(10-19(30)28-24-26-6-7-33-24)17-9-14(8-13-2-4-15(25)5-3-13)11-27-21(17)22(31)20(18)23(29)32/h2-7,9,11-12,31-32H,8,10H2,1H3,(H,26,28,30). The van der Waals surface area contributed by atoms with Crippen molar-refractivity contribution in [2.45, 2.75) is 12.8 Å². The summed E-state index contributed by atoms with van der Waals surface area (Å²) >= 11 is 1.32. The number of amides is 1. The molecule has 3 aromatic heterocycles. The lowest BCUT2D eigenvalue weighted by Crippen LogP contribution is -2.14. The van der Waals surface area contributed by atoms with Gasteiger partial charge in [0.15, 0.2) is 10.9 Å². The van der Waals surface area contributed by atoms with Crippen molar-refractivity contribution >= 4 is 44.1 Å². The molecule has 7 nitrogen and oxygen atoms in total. The molecule has 33 heavy (non-hydrogen) atoms. The van der Waals surface area contributed by atoms with E-state index in [9.17, 15) is 19.4 Å². The molecule has 0 unspecified atom stereocenters. The van der Waals surface area contributed by atoms with Crippen LogP contribution in [0.25, 0.3) is 21.7 Å². The zero-order valence-corrected chi connectivity index (χ0v) is 18.4. The number of nitrogens with zero attached hydrogens (tertiary/aromatic N) is 3. The van der Waals surface area contributed by atoms with Crippen molar-refractivity contribution < 1.29 is 19.4 Å². The summed E-state index contributed by atoms with van der Waals surface area (Å²) in [5.74, 6) is -0.829. The van der Waals surface area contributed by atoms with Crippen LogP contribution in [0.2, 0.25) is 0 Å². The number of pyridine rings is 1. The third-order valence-corrected chi connectivity index (χ3v) is 6.23. The lowest BCUT2D eigenvalue weighted by atomic mass is 9.96. The van der Waals surface area contributed by atoms with E-state index in [2.05, 4.69) is 15.3 Å². The summed E-state index contributed by atoms with van der Waals surface area (Å²) < 4.78 is 14.8. The number of aromatic hydroxyl groups is 2. The van der Waals surface area contributed by atoms with Crippen molar-refractivity contribution in [1.82, 2.24) is 14.5 Å². The number of hydrogen-bond acceptors (Lipinski definition) is 6. The number of phenols is 1. The highest BCUT2D eigenvalue weighted by atomic mass is 32.1. The van der Waals surface area contributed by atoms with Crippen LogP contribution in [-0.4, -0.2) is 30.7 Å². The number of fused-ring (bicyclic) bond motifs is 2. The molecule has 3 N–H and O–H groups in total. The molecule has 0 fully saturated rings. The Morgan fingerprint density at radius 3 is 2.67 bits per heavy atom. The van der Waals surface area contributed by atoms with Crippen molar-refractivity contribution in [3.8, 4) is 11.6 Å². The van der Waals surface area contributed by atoms with Gasteiger partial charge in [-0.3, -0.25) is 9.78 Å². The molecule has 2 aromatic carbocycles. The number of carbonyl (C=O) groups excluding carboxylic acids is 1. The Labute approximate surface area is 191 Å². The Hall–Kier alpha value is -3.98. The van der Waals surface area contributed by atoms with Gasteiger partial charge in [-0.2, -0.15) is 0 Å². The molecule has 0 saturated carbocycles. The Balaban J connectivity index is 1.64. The Morgan fingerprint density at radius 1 is 1.15 bits per heavy atom. The number of aryl methyl sites for hydroxylation is 1. The van der Waals surface area contributed by atoms with Gasteiger partial charge in [0.25, 0.3) is 0 Å². The average molecular weight is 463 g/mol. The molecule has 0 aliphatic heterocycles.